The second kappa shape index (κ2) is 5.06. The largest absolute Gasteiger partial charge is 0.478 e. The maximum atomic E-state index is 13.4. The van der Waals surface area contributed by atoms with Crippen LogP contribution in [0.25, 0.3) is 0 Å². The van der Waals surface area contributed by atoms with E-state index in [0.717, 1.165) is 0 Å². The third-order valence-electron chi connectivity index (χ3n) is 2.73. The van der Waals surface area contributed by atoms with Crippen LogP contribution >= 0.6 is 0 Å². The molecule has 1 aromatic carbocycles. The summed E-state index contributed by atoms with van der Waals surface area (Å²) in [5.41, 5.74) is 1.75. The Kier molecular flexibility index (Phi) is 3.46. The van der Waals surface area contributed by atoms with Gasteiger partial charge in [-0.1, -0.05) is 6.07 Å². The van der Waals surface area contributed by atoms with E-state index in [1.165, 1.54) is 18.2 Å². The molecule has 98 valence electrons. The second-order valence-corrected chi connectivity index (χ2v) is 4.22. The molecule has 2 rings (SSSR count). The third-order valence-corrected chi connectivity index (χ3v) is 2.73. The van der Waals surface area contributed by atoms with Crippen LogP contribution in [0.3, 0.4) is 0 Å². The van der Waals surface area contributed by atoms with Gasteiger partial charge in [0.1, 0.15) is 11.6 Å². The highest BCUT2D eigenvalue weighted by molar-refractivity contribution is 5.88. The van der Waals surface area contributed by atoms with Crippen LogP contribution in [0.15, 0.2) is 30.3 Å². The lowest BCUT2D eigenvalue weighted by molar-refractivity contribution is 0.0696. The van der Waals surface area contributed by atoms with Crippen molar-refractivity contribution in [3.05, 3.63) is 53.0 Å². The first-order valence-corrected chi connectivity index (χ1v) is 5.71. The fourth-order valence-electron chi connectivity index (χ4n) is 1.74. The first kappa shape index (κ1) is 13.0. The maximum Gasteiger partial charge on any atom is 0.335 e. The van der Waals surface area contributed by atoms with Gasteiger partial charge in [-0.3, -0.25) is 0 Å². The van der Waals surface area contributed by atoms with Crippen LogP contribution in [0.2, 0.25) is 0 Å². The highest BCUT2D eigenvalue weighted by Gasteiger charge is 2.08. The number of hydrogen-bond acceptors (Lipinski definition) is 3. The average Bonchev–Trinajstić information content (AvgIpc) is 2.34. The van der Waals surface area contributed by atoms with E-state index in [0.29, 0.717) is 22.8 Å². The van der Waals surface area contributed by atoms with Crippen LogP contribution in [0.1, 0.15) is 21.6 Å². The molecule has 5 heteroatoms. The number of aromatic nitrogens is 1. The van der Waals surface area contributed by atoms with E-state index in [-0.39, 0.29) is 11.4 Å². The van der Waals surface area contributed by atoms with Crippen LogP contribution in [-0.2, 0) is 0 Å². The van der Waals surface area contributed by atoms with E-state index in [1.807, 2.05) is 0 Å². The summed E-state index contributed by atoms with van der Waals surface area (Å²) >= 11 is 0. The third kappa shape index (κ3) is 2.88. The van der Waals surface area contributed by atoms with Crippen LogP contribution in [0.5, 0.6) is 0 Å². The molecule has 0 bridgehead atoms. The first-order valence-electron chi connectivity index (χ1n) is 5.71. The number of nitrogens with one attached hydrogen (secondary N) is 1. The molecule has 0 aliphatic heterocycles. The number of rotatable bonds is 3. The number of aryl methyl sites for hydroxylation is 1. The molecule has 0 amide bonds. The summed E-state index contributed by atoms with van der Waals surface area (Å²) in [5.74, 6) is -0.966. The smallest absolute Gasteiger partial charge is 0.335 e. The van der Waals surface area contributed by atoms with Gasteiger partial charge in [0.15, 0.2) is 0 Å². The number of aromatic carboxylic acids is 1. The number of carbonyl (C=O) groups is 1. The van der Waals surface area contributed by atoms with Crippen molar-refractivity contribution in [1.82, 2.24) is 4.98 Å². The molecular weight excluding hydrogens is 247 g/mol. The van der Waals surface area contributed by atoms with Gasteiger partial charge in [-0.05, 0) is 38.1 Å². The summed E-state index contributed by atoms with van der Waals surface area (Å²) in [6.07, 6.45) is 0. The molecule has 0 unspecified atom stereocenters. The average molecular weight is 260 g/mol. The van der Waals surface area contributed by atoms with E-state index in [1.54, 1.807) is 26.0 Å². The molecule has 1 aromatic heterocycles. The quantitative estimate of drug-likeness (QED) is 0.889. The van der Waals surface area contributed by atoms with E-state index in [9.17, 15) is 9.18 Å². The minimum Gasteiger partial charge on any atom is -0.478 e. The number of pyridine rings is 1. The molecule has 0 radical (unpaired) electrons. The predicted molar refractivity (Wildman–Crippen MR) is 70.4 cm³/mol. The van der Waals surface area contributed by atoms with Crippen LogP contribution in [0.4, 0.5) is 15.9 Å². The summed E-state index contributed by atoms with van der Waals surface area (Å²) < 4.78 is 13.4. The summed E-state index contributed by atoms with van der Waals surface area (Å²) in [7, 11) is 0. The van der Waals surface area contributed by atoms with Gasteiger partial charge in [0.05, 0.1) is 5.56 Å². The molecule has 0 atom stereocenters. The fraction of sp³-hybridized carbons (Fsp3) is 0.143. The number of anilines is 2. The zero-order valence-electron chi connectivity index (χ0n) is 10.6. The number of carboxylic acids is 1. The number of halogens is 1. The highest BCUT2D eigenvalue weighted by atomic mass is 19.1. The highest BCUT2D eigenvalue weighted by Crippen LogP contribution is 2.22. The van der Waals surface area contributed by atoms with Crippen molar-refractivity contribution in [2.75, 3.05) is 5.32 Å². The Labute approximate surface area is 109 Å². The monoisotopic (exact) mass is 260 g/mol. The normalized spacial score (nSPS) is 10.3. The summed E-state index contributed by atoms with van der Waals surface area (Å²) in [4.78, 5) is 15.1. The van der Waals surface area contributed by atoms with Crippen molar-refractivity contribution in [2.24, 2.45) is 0 Å². The van der Waals surface area contributed by atoms with Gasteiger partial charge >= 0.3 is 5.97 Å². The Morgan fingerprint density at radius 1 is 1.32 bits per heavy atom. The van der Waals surface area contributed by atoms with Crippen molar-refractivity contribution in [3.8, 4) is 0 Å². The lowest BCUT2D eigenvalue weighted by Crippen LogP contribution is -2.03. The van der Waals surface area contributed by atoms with Crippen molar-refractivity contribution >= 4 is 17.5 Å². The zero-order valence-corrected chi connectivity index (χ0v) is 10.6. The minimum atomic E-state index is -1.02. The lowest BCUT2D eigenvalue weighted by Gasteiger charge is -2.10. The summed E-state index contributed by atoms with van der Waals surface area (Å²) in [6, 6.07) is 7.56. The molecule has 1 heterocycles. The van der Waals surface area contributed by atoms with E-state index in [2.05, 4.69) is 10.3 Å². The van der Waals surface area contributed by atoms with Gasteiger partial charge in [0, 0.05) is 16.9 Å². The fourth-order valence-corrected chi connectivity index (χ4v) is 1.74. The van der Waals surface area contributed by atoms with Gasteiger partial charge in [0.2, 0.25) is 0 Å². The Hall–Kier alpha value is -2.43. The van der Waals surface area contributed by atoms with Crippen molar-refractivity contribution in [1.29, 1.82) is 0 Å². The van der Waals surface area contributed by atoms with Crippen LogP contribution in [-0.4, -0.2) is 16.1 Å². The van der Waals surface area contributed by atoms with Crippen molar-refractivity contribution in [3.63, 3.8) is 0 Å². The second-order valence-electron chi connectivity index (χ2n) is 4.22. The number of carboxylic acid groups (broad SMARTS) is 1. The Morgan fingerprint density at radius 3 is 2.74 bits per heavy atom. The Bertz CT molecular complexity index is 641. The van der Waals surface area contributed by atoms with Crippen molar-refractivity contribution in [2.45, 2.75) is 13.8 Å². The van der Waals surface area contributed by atoms with E-state index in [4.69, 9.17) is 5.11 Å². The van der Waals surface area contributed by atoms with Crippen LogP contribution in [0, 0.1) is 19.7 Å². The molecule has 0 aliphatic carbocycles. The number of benzene rings is 1. The van der Waals surface area contributed by atoms with Gasteiger partial charge in [-0.15, -0.1) is 0 Å². The molecular formula is C14H13FN2O2. The zero-order chi connectivity index (χ0) is 14.0. The maximum absolute atomic E-state index is 13.4. The first-order chi connectivity index (χ1) is 8.97. The van der Waals surface area contributed by atoms with E-state index >= 15 is 0 Å². The summed E-state index contributed by atoms with van der Waals surface area (Å²) in [6.45, 7) is 3.35. The lowest BCUT2D eigenvalue weighted by atomic mass is 10.2. The Balaban J connectivity index is 2.38. The topological polar surface area (TPSA) is 62.2 Å². The van der Waals surface area contributed by atoms with Gasteiger partial charge in [-0.2, -0.15) is 0 Å². The SMILES string of the molecule is Cc1cc(C(=O)O)cc(Nc2cccc(F)c2C)n1. The number of hydrogen-bond donors (Lipinski definition) is 2. The Morgan fingerprint density at radius 2 is 2.05 bits per heavy atom. The molecule has 2 N–H and O–H groups in total. The van der Waals surface area contributed by atoms with Gasteiger partial charge < -0.3 is 10.4 Å². The molecule has 0 fully saturated rings. The predicted octanol–water partition coefficient (Wildman–Crippen LogP) is 3.28. The summed E-state index contributed by atoms with van der Waals surface area (Å²) in [5, 5.41) is 11.9. The minimum absolute atomic E-state index is 0.143. The molecule has 0 saturated carbocycles. The van der Waals surface area contributed by atoms with Crippen molar-refractivity contribution < 1.29 is 14.3 Å². The standard InChI is InChI=1S/C14H13FN2O2/c1-8-6-10(14(18)19)7-13(16-8)17-12-5-3-4-11(15)9(12)2/h3-7H,1-2H3,(H,16,17)(H,18,19). The molecule has 0 saturated heterocycles. The molecule has 4 nitrogen and oxygen atoms in total. The van der Waals surface area contributed by atoms with E-state index < -0.39 is 5.97 Å². The molecule has 0 spiro atoms. The molecule has 2 aromatic rings. The van der Waals surface area contributed by atoms with Gasteiger partial charge in [0.25, 0.3) is 0 Å². The molecule has 0 aliphatic rings. The van der Waals surface area contributed by atoms with Crippen LogP contribution < -0.4 is 5.32 Å². The number of nitrogens with zero attached hydrogens (tertiary/aromatic N) is 1. The van der Waals surface area contributed by atoms with Gasteiger partial charge in [-0.25, -0.2) is 14.2 Å². The molecule has 19 heavy (non-hydrogen) atoms.